The Morgan fingerprint density at radius 3 is 2.56 bits per heavy atom. The van der Waals surface area contributed by atoms with Crippen LogP contribution in [-0.2, 0) is 6.54 Å². The number of nitrogens with two attached hydrogens (primary N) is 1. The zero-order valence-corrected chi connectivity index (χ0v) is 10.9. The number of nitrogens with zero attached hydrogens (tertiary/aromatic N) is 2. The number of aromatic nitrogens is 1. The van der Waals surface area contributed by atoms with Gasteiger partial charge in [-0.25, -0.2) is 4.98 Å². The predicted molar refractivity (Wildman–Crippen MR) is 76.6 cm³/mol. The molecular weight excluding hydrogens is 222 g/mol. The number of aryl methyl sites for hydroxylation is 1. The molecule has 2 N–H and O–H groups in total. The predicted octanol–water partition coefficient (Wildman–Crippen LogP) is 3.00. The van der Waals surface area contributed by atoms with Gasteiger partial charge < -0.3 is 10.6 Å². The smallest absolute Gasteiger partial charge is 0.123 e. The third kappa shape index (κ3) is 2.80. The van der Waals surface area contributed by atoms with Crippen LogP contribution in [-0.4, -0.2) is 11.5 Å². The van der Waals surface area contributed by atoms with E-state index in [9.17, 15) is 0 Å². The summed E-state index contributed by atoms with van der Waals surface area (Å²) in [6.07, 6.45) is 0. The largest absolute Gasteiger partial charge is 0.384 e. The van der Waals surface area contributed by atoms with Gasteiger partial charge in [0, 0.05) is 12.2 Å². The van der Waals surface area contributed by atoms with Crippen molar-refractivity contribution in [3.05, 3.63) is 53.7 Å². The fraction of sp³-hybridized carbons (Fsp3) is 0.267. The van der Waals surface area contributed by atoms with Crippen LogP contribution in [0.15, 0.2) is 42.5 Å². The summed E-state index contributed by atoms with van der Waals surface area (Å²) in [5, 5.41) is 0. The second-order valence-electron chi connectivity index (χ2n) is 4.35. The maximum Gasteiger partial charge on any atom is 0.123 e. The number of hydrogen-bond acceptors (Lipinski definition) is 3. The first-order chi connectivity index (χ1) is 8.70. The van der Waals surface area contributed by atoms with E-state index >= 15 is 0 Å². The molecule has 0 saturated heterocycles. The lowest BCUT2D eigenvalue weighted by molar-refractivity contribution is 0.807. The lowest BCUT2D eigenvalue weighted by Gasteiger charge is -2.24. The molecule has 3 heteroatoms. The van der Waals surface area contributed by atoms with Gasteiger partial charge in [-0.05, 0) is 37.6 Å². The fourth-order valence-electron chi connectivity index (χ4n) is 2.07. The van der Waals surface area contributed by atoms with Gasteiger partial charge in [0.25, 0.3) is 0 Å². The van der Waals surface area contributed by atoms with E-state index in [1.54, 1.807) is 0 Å². The molecule has 0 fully saturated rings. The van der Waals surface area contributed by atoms with Crippen molar-refractivity contribution in [3.63, 3.8) is 0 Å². The zero-order valence-electron chi connectivity index (χ0n) is 10.9. The molecule has 0 saturated carbocycles. The minimum atomic E-state index is 0.577. The van der Waals surface area contributed by atoms with Gasteiger partial charge in [0.1, 0.15) is 5.82 Å². The molecule has 2 aromatic rings. The van der Waals surface area contributed by atoms with Crippen LogP contribution < -0.4 is 10.6 Å². The lowest BCUT2D eigenvalue weighted by Crippen LogP contribution is -2.23. The molecule has 0 amide bonds. The molecule has 18 heavy (non-hydrogen) atoms. The molecule has 0 spiro atoms. The minimum Gasteiger partial charge on any atom is -0.384 e. The molecule has 1 heterocycles. The van der Waals surface area contributed by atoms with Gasteiger partial charge in [0.15, 0.2) is 0 Å². The van der Waals surface area contributed by atoms with E-state index in [1.165, 1.54) is 11.3 Å². The monoisotopic (exact) mass is 241 g/mol. The highest BCUT2D eigenvalue weighted by molar-refractivity contribution is 5.53. The Morgan fingerprint density at radius 2 is 1.89 bits per heavy atom. The number of rotatable bonds is 4. The van der Waals surface area contributed by atoms with Gasteiger partial charge in [-0.1, -0.05) is 24.3 Å². The molecule has 0 aliphatic rings. The van der Waals surface area contributed by atoms with Crippen LogP contribution >= 0.6 is 0 Å². The highest BCUT2D eigenvalue weighted by Crippen LogP contribution is 2.20. The molecule has 0 radical (unpaired) electrons. The molecule has 1 aromatic carbocycles. The summed E-state index contributed by atoms with van der Waals surface area (Å²) in [6.45, 7) is 6.01. The topological polar surface area (TPSA) is 42.1 Å². The minimum absolute atomic E-state index is 0.577. The lowest BCUT2D eigenvalue weighted by atomic mass is 10.1. The number of hydrogen-bond donors (Lipinski definition) is 1. The van der Waals surface area contributed by atoms with Gasteiger partial charge in [-0.2, -0.15) is 0 Å². The Hall–Kier alpha value is -2.03. The van der Waals surface area contributed by atoms with Gasteiger partial charge in [0.05, 0.1) is 12.2 Å². The Balaban J connectivity index is 2.23. The molecule has 0 unspecified atom stereocenters. The van der Waals surface area contributed by atoms with Crippen LogP contribution in [0.25, 0.3) is 0 Å². The zero-order chi connectivity index (χ0) is 13.0. The second kappa shape index (κ2) is 5.54. The molecule has 1 aromatic heterocycles. The van der Waals surface area contributed by atoms with Crippen LogP contribution in [0.1, 0.15) is 18.2 Å². The Bertz CT molecular complexity index is 523. The molecule has 0 aliphatic heterocycles. The third-order valence-electron chi connectivity index (χ3n) is 3.02. The van der Waals surface area contributed by atoms with Gasteiger partial charge in [-0.15, -0.1) is 0 Å². The Labute approximate surface area is 108 Å². The highest BCUT2D eigenvalue weighted by atomic mass is 15.1. The van der Waals surface area contributed by atoms with E-state index in [-0.39, 0.29) is 0 Å². The number of pyridine rings is 1. The molecule has 2 rings (SSSR count). The second-order valence-corrected chi connectivity index (χ2v) is 4.35. The Morgan fingerprint density at radius 1 is 1.11 bits per heavy atom. The standard InChI is InChI=1S/C15H19N3/c1-3-18(14-9-5-4-7-12(14)2)11-13-8-6-10-15(16)17-13/h4-10H,3,11H2,1-2H3,(H2,16,17). The molecule has 3 nitrogen and oxygen atoms in total. The summed E-state index contributed by atoms with van der Waals surface area (Å²) in [7, 11) is 0. The van der Waals surface area contributed by atoms with Crippen molar-refractivity contribution in [2.45, 2.75) is 20.4 Å². The first-order valence-corrected chi connectivity index (χ1v) is 6.22. The van der Waals surface area contributed by atoms with Crippen LogP contribution in [0.2, 0.25) is 0 Å². The van der Waals surface area contributed by atoms with Gasteiger partial charge in [-0.3, -0.25) is 0 Å². The molecular formula is C15H19N3. The van der Waals surface area contributed by atoms with Crippen molar-refractivity contribution in [2.75, 3.05) is 17.2 Å². The van der Waals surface area contributed by atoms with E-state index in [2.05, 4.69) is 48.0 Å². The van der Waals surface area contributed by atoms with E-state index < -0.39 is 0 Å². The van der Waals surface area contributed by atoms with E-state index in [1.807, 2.05) is 18.2 Å². The highest BCUT2D eigenvalue weighted by Gasteiger charge is 2.08. The number of para-hydroxylation sites is 1. The normalized spacial score (nSPS) is 10.3. The molecule has 0 aliphatic carbocycles. The van der Waals surface area contributed by atoms with Crippen molar-refractivity contribution in [2.24, 2.45) is 0 Å². The number of benzene rings is 1. The summed E-state index contributed by atoms with van der Waals surface area (Å²) < 4.78 is 0. The van der Waals surface area contributed by atoms with Crippen LogP contribution in [0.5, 0.6) is 0 Å². The van der Waals surface area contributed by atoms with Crippen molar-refractivity contribution in [1.29, 1.82) is 0 Å². The summed E-state index contributed by atoms with van der Waals surface area (Å²) in [6, 6.07) is 14.2. The van der Waals surface area contributed by atoms with E-state index in [0.29, 0.717) is 5.82 Å². The number of nitrogen functional groups attached to an aromatic ring is 1. The average molecular weight is 241 g/mol. The van der Waals surface area contributed by atoms with Crippen LogP contribution in [0.3, 0.4) is 0 Å². The van der Waals surface area contributed by atoms with Gasteiger partial charge in [0.2, 0.25) is 0 Å². The summed E-state index contributed by atoms with van der Waals surface area (Å²) in [5.41, 5.74) is 9.25. The average Bonchev–Trinajstić information content (AvgIpc) is 2.37. The van der Waals surface area contributed by atoms with Crippen molar-refractivity contribution >= 4 is 11.5 Å². The fourth-order valence-corrected chi connectivity index (χ4v) is 2.07. The summed E-state index contributed by atoms with van der Waals surface area (Å²) in [4.78, 5) is 6.65. The quantitative estimate of drug-likeness (QED) is 0.894. The first-order valence-electron chi connectivity index (χ1n) is 6.22. The van der Waals surface area contributed by atoms with Crippen molar-refractivity contribution in [3.8, 4) is 0 Å². The van der Waals surface area contributed by atoms with Crippen LogP contribution in [0, 0.1) is 6.92 Å². The molecule has 94 valence electrons. The van der Waals surface area contributed by atoms with Gasteiger partial charge >= 0.3 is 0 Å². The van der Waals surface area contributed by atoms with E-state index in [4.69, 9.17) is 5.73 Å². The van der Waals surface area contributed by atoms with Crippen molar-refractivity contribution in [1.82, 2.24) is 4.98 Å². The SMILES string of the molecule is CCN(Cc1cccc(N)n1)c1ccccc1C. The maximum absolute atomic E-state index is 5.71. The molecule has 0 atom stereocenters. The molecule has 0 bridgehead atoms. The summed E-state index contributed by atoms with van der Waals surface area (Å²) in [5.74, 6) is 0.577. The Kier molecular flexibility index (Phi) is 3.82. The van der Waals surface area contributed by atoms with Crippen LogP contribution in [0.4, 0.5) is 11.5 Å². The number of anilines is 2. The third-order valence-corrected chi connectivity index (χ3v) is 3.02. The van der Waals surface area contributed by atoms with E-state index in [0.717, 1.165) is 18.8 Å². The van der Waals surface area contributed by atoms with Crippen molar-refractivity contribution < 1.29 is 0 Å². The first kappa shape index (κ1) is 12.4. The summed E-state index contributed by atoms with van der Waals surface area (Å²) >= 11 is 0. The maximum atomic E-state index is 5.71.